The number of halogens is 2. The van der Waals surface area contributed by atoms with E-state index in [-0.39, 0.29) is 0 Å². The topological polar surface area (TPSA) is 25.8 Å². The second-order valence-corrected chi connectivity index (χ2v) is 3.51. The van der Waals surface area contributed by atoms with Gasteiger partial charge in [-0.15, -0.1) is 0 Å². The molecule has 78 valence electrons. The SMILES string of the molecule is C=C/C=C(\C=C)Cc1c(Cl)ncnc1Cl. The van der Waals surface area contributed by atoms with Gasteiger partial charge in [-0.05, 0) is 5.57 Å². The number of allylic oxidation sites excluding steroid dienone is 4. The molecule has 0 saturated carbocycles. The molecular weight excluding hydrogens is 231 g/mol. The molecule has 1 aromatic heterocycles. The van der Waals surface area contributed by atoms with Crippen molar-refractivity contribution in [1.29, 1.82) is 0 Å². The van der Waals surface area contributed by atoms with Crippen LogP contribution in [0.25, 0.3) is 0 Å². The van der Waals surface area contributed by atoms with Crippen LogP contribution in [0.15, 0.2) is 43.3 Å². The Morgan fingerprint density at radius 1 is 1.27 bits per heavy atom. The first-order valence-corrected chi connectivity index (χ1v) is 5.03. The number of hydrogen-bond acceptors (Lipinski definition) is 2. The fourth-order valence-corrected chi connectivity index (χ4v) is 1.52. The predicted molar refractivity (Wildman–Crippen MR) is 64.2 cm³/mol. The van der Waals surface area contributed by atoms with Gasteiger partial charge in [-0.1, -0.05) is 54.6 Å². The van der Waals surface area contributed by atoms with Gasteiger partial charge in [0.2, 0.25) is 0 Å². The van der Waals surface area contributed by atoms with Crippen LogP contribution in [0, 0.1) is 0 Å². The van der Waals surface area contributed by atoms with Crippen LogP contribution in [0.5, 0.6) is 0 Å². The highest BCUT2D eigenvalue weighted by Gasteiger charge is 2.08. The molecule has 0 atom stereocenters. The maximum atomic E-state index is 5.91. The van der Waals surface area contributed by atoms with E-state index in [1.807, 2.05) is 6.08 Å². The molecule has 0 unspecified atom stereocenters. The normalized spacial score (nSPS) is 11.2. The van der Waals surface area contributed by atoms with Gasteiger partial charge in [0.25, 0.3) is 0 Å². The van der Waals surface area contributed by atoms with Crippen molar-refractivity contribution in [2.24, 2.45) is 0 Å². The van der Waals surface area contributed by atoms with Gasteiger partial charge >= 0.3 is 0 Å². The fraction of sp³-hybridized carbons (Fsp3) is 0.0909. The summed E-state index contributed by atoms with van der Waals surface area (Å²) in [5, 5.41) is 0.735. The van der Waals surface area contributed by atoms with Gasteiger partial charge in [-0.2, -0.15) is 0 Å². The van der Waals surface area contributed by atoms with Crippen LogP contribution >= 0.6 is 23.2 Å². The maximum absolute atomic E-state index is 5.91. The van der Waals surface area contributed by atoms with Crippen LogP contribution in [-0.4, -0.2) is 9.97 Å². The molecular formula is C11H10Cl2N2. The molecule has 1 rings (SSSR count). The third kappa shape index (κ3) is 3.18. The van der Waals surface area contributed by atoms with Crippen LogP contribution in [-0.2, 0) is 6.42 Å². The molecule has 0 aliphatic carbocycles. The zero-order chi connectivity index (χ0) is 11.3. The lowest BCUT2D eigenvalue weighted by molar-refractivity contribution is 1.07. The van der Waals surface area contributed by atoms with Crippen molar-refractivity contribution >= 4 is 23.2 Å². The smallest absolute Gasteiger partial charge is 0.137 e. The highest BCUT2D eigenvalue weighted by molar-refractivity contribution is 6.34. The Labute approximate surface area is 99.0 Å². The molecule has 0 fully saturated rings. The lowest BCUT2D eigenvalue weighted by Crippen LogP contribution is -1.95. The maximum Gasteiger partial charge on any atom is 0.137 e. The predicted octanol–water partition coefficient (Wildman–Crippen LogP) is 3.62. The van der Waals surface area contributed by atoms with Crippen LogP contribution in [0.2, 0.25) is 10.3 Å². The van der Waals surface area contributed by atoms with E-state index < -0.39 is 0 Å². The summed E-state index contributed by atoms with van der Waals surface area (Å²) in [5.74, 6) is 0. The molecule has 1 aromatic rings. The van der Waals surface area contributed by atoms with Crippen molar-refractivity contribution in [2.45, 2.75) is 6.42 Å². The van der Waals surface area contributed by atoms with Crippen LogP contribution in [0.1, 0.15) is 5.56 Å². The van der Waals surface area contributed by atoms with Crippen LogP contribution < -0.4 is 0 Å². The Hall–Kier alpha value is -1.12. The molecule has 1 heterocycles. The molecule has 0 aliphatic rings. The van der Waals surface area contributed by atoms with E-state index >= 15 is 0 Å². The van der Waals surface area contributed by atoms with Crippen LogP contribution in [0.3, 0.4) is 0 Å². The molecule has 0 bridgehead atoms. The van der Waals surface area contributed by atoms with E-state index in [1.54, 1.807) is 12.2 Å². The van der Waals surface area contributed by atoms with Gasteiger partial charge < -0.3 is 0 Å². The quantitative estimate of drug-likeness (QED) is 0.594. The fourth-order valence-electron chi connectivity index (χ4n) is 1.07. The first-order valence-electron chi connectivity index (χ1n) is 4.28. The van der Waals surface area contributed by atoms with Gasteiger partial charge in [0.1, 0.15) is 16.6 Å². The number of rotatable bonds is 4. The monoisotopic (exact) mass is 240 g/mol. The van der Waals surface area contributed by atoms with Crippen molar-refractivity contribution in [3.8, 4) is 0 Å². The van der Waals surface area contributed by atoms with E-state index in [9.17, 15) is 0 Å². The highest BCUT2D eigenvalue weighted by Crippen LogP contribution is 2.23. The van der Waals surface area contributed by atoms with Gasteiger partial charge in [0.05, 0.1) is 0 Å². The van der Waals surface area contributed by atoms with E-state index in [0.29, 0.717) is 22.3 Å². The Kier molecular flexibility index (Phi) is 4.53. The van der Waals surface area contributed by atoms with E-state index in [4.69, 9.17) is 23.2 Å². The third-order valence-electron chi connectivity index (χ3n) is 1.82. The highest BCUT2D eigenvalue weighted by atomic mass is 35.5. The largest absolute Gasteiger partial charge is 0.224 e. The van der Waals surface area contributed by atoms with Gasteiger partial charge in [0, 0.05) is 12.0 Å². The minimum Gasteiger partial charge on any atom is -0.224 e. The van der Waals surface area contributed by atoms with Gasteiger partial charge in [-0.3, -0.25) is 0 Å². The van der Waals surface area contributed by atoms with Gasteiger partial charge in [0.15, 0.2) is 0 Å². The minimum absolute atomic E-state index is 0.367. The van der Waals surface area contributed by atoms with Crippen molar-refractivity contribution in [1.82, 2.24) is 9.97 Å². The molecule has 0 amide bonds. The summed E-state index contributed by atoms with van der Waals surface area (Å²) in [4.78, 5) is 7.74. The number of hydrogen-bond donors (Lipinski definition) is 0. The zero-order valence-corrected chi connectivity index (χ0v) is 9.59. The first-order chi connectivity index (χ1) is 7.19. The molecule has 0 spiro atoms. The van der Waals surface area contributed by atoms with Crippen LogP contribution in [0.4, 0.5) is 0 Å². The Balaban J connectivity index is 3.02. The molecule has 0 aromatic carbocycles. The van der Waals surface area contributed by atoms with Crippen molar-refractivity contribution in [3.05, 3.63) is 59.2 Å². The van der Waals surface area contributed by atoms with Gasteiger partial charge in [-0.25, -0.2) is 9.97 Å². The number of nitrogens with zero attached hydrogens (tertiary/aromatic N) is 2. The zero-order valence-electron chi connectivity index (χ0n) is 8.08. The third-order valence-corrected chi connectivity index (χ3v) is 2.47. The van der Waals surface area contributed by atoms with E-state index in [0.717, 1.165) is 5.57 Å². The lowest BCUT2D eigenvalue weighted by Gasteiger charge is -2.05. The molecule has 0 N–H and O–H groups in total. The average Bonchev–Trinajstić information content (AvgIpc) is 2.22. The summed E-state index contributed by atoms with van der Waals surface area (Å²) < 4.78 is 0. The summed E-state index contributed by atoms with van der Waals surface area (Å²) in [6, 6.07) is 0. The Bertz CT molecular complexity index is 391. The first kappa shape index (κ1) is 12.0. The van der Waals surface area contributed by atoms with Crippen molar-refractivity contribution in [3.63, 3.8) is 0 Å². The summed E-state index contributed by atoms with van der Waals surface area (Å²) in [6.07, 6.45) is 7.13. The second kappa shape index (κ2) is 5.69. The van der Waals surface area contributed by atoms with Crippen molar-refractivity contribution in [2.75, 3.05) is 0 Å². The summed E-state index contributed by atoms with van der Waals surface area (Å²) in [7, 11) is 0. The second-order valence-electron chi connectivity index (χ2n) is 2.79. The molecule has 0 radical (unpaired) electrons. The van der Waals surface area contributed by atoms with Crippen molar-refractivity contribution < 1.29 is 0 Å². The van der Waals surface area contributed by atoms with E-state index in [1.165, 1.54) is 6.33 Å². The molecule has 2 nitrogen and oxygen atoms in total. The number of aromatic nitrogens is 2. The molecule has 0 aliphatic heterocycles. The summed E-state index contributed by atoms with van der Waals surface area (Å²) in [6.45, 7) is 7.31. The Morgan fingerprint density at radius 2 is 1.87 bits per heavy atom. The summed E-state index contributed by atoms with van der Waals surface area (Å²) in [5.41, 5.74) is 1.66. The standard InChI is InChI=1S/C11H10Cl2N2/c1-3-5-8(4-2)6-9-10(12)14-7-15-11(9)13/h3-5,7H,1-2,6H2/b8-5+. The van der Waals surface area contributed by atoms with E-state index in [2.05, 4.69) is 23.1 Å². The molecule has 4 heteroatoms. The lowest BCUT2D eigenvalue weighted by atomic mass is 10.1. The molecule has 15 heavy (non-hydrogen) atoms. The minimum atomic E-state index is 0.367. The Morgan fingerprint density at radius 3 is 2.33 bits per heavy atom. The average molecular weight is 241 g/mol. The summed E-state index contributed by atoms with van der Waals surface area (Å²) >= 11 is 11.8. The molecule has 0 saturated heterocycles.